The monoisotopic (exact) mass is 384 g/mol. The molecule has 2 aliphatic heterocycles. The van der Waals surface area contributed by atoms with E-state index in [1.165, 1.54) is 0 Å². The number of carbonyl (C=O) groups excluding carboxylic acids is 1. The molecule has 1 amide bonds. The number of rotatable bonds is 5. The number of ether oxygens (including phenoxy) is 1. The second-order valence-electron chi connectivity index (χ2n) is 7.46. The number of benzene rings is 1. The third-order valence-electron chi connectivity index (χ3n) is 5.61. The van der Waals surface area contributed by atoms with Crippen LogP contribution in [0.4, 0.5) is 5.69 Å². The molecule has 0 aliphatic carbocycles. The largest absolute Gasteiger partial charge is 0.394 e. The van der Waals surface area contributed by atoms with Crippen molar-refractivity contribution in [1.29, 1.82) is 0 Å². The molecule has 28 heavy (non-hydrogen) atoms. The molecule has 150 valence electrons. The summed E-state index contributed by atoms with van der Waals surface area (Å²) in [5.74, 6) is 0.346. The molecule has 2 aliphatic rings. The maximum Gasteiger partial charge on any atom is 0.253 e. The van der Waals surface area contributed by atoms with E-state index in [0.717, 1.165) is 62.6 Å². The number of aliphatic hydroxyl groups excluding tert-OH is 1. The van der Waals surface area contributed by atoms with Gasteiger partial charge in [-0.3, -0.25) is 9.48 Å². The molecule has 1 N–H and O–H groups in total. The summed E-state index contributed by atoms with van der Waals surface area (Å²) < 4.78 is 7.17. The molecule has 1 aromatic heterocycles. The Labute approximate surface area is 165 Å². The van der Waals surface area contributed by atoms with Gasteiger partial charge in [-0.1, -0.05) is 0 Å². The van der Waals surface area contributed by atoms with Crippen LogP contribution in [0.3, 0.4) is 0 Å². The van der Waals surface area contributed by atoms with Gasteiger partial charge >= 0.3 is 0 Å². The third-order valence-corrected chi connectivity index (χ3v) is 5.61. The van der Waals surface area contributed by atoms with Crippen molar-refractivity contribution in [1.82, 2.24) is 14.7 Å². The summed E-state index contributed by atoms with van der Waals surface area (Å²) in [7, 11) is 0. The molecule has 0 spiro atoms. The lowest BCUT2D eigenvalue weighted by atomic mass is 9.94. The Bertz CT molecular complexity index is 783. The smallest absolute Gasteiger partial charge is 0.253 e. The van der Waals surface area contributed by atoms with Crippen LogP contribution in [0.25, 0.3) is 0 Å². The molecular formula is C21H28N4O3. The van der Waals surface area contributed by atoms with E-state index in [1.54, 1.807) is 4.68 Å². The van der Waals surface area contributed by atoms with Crippen LogP contribution in [-0.2, 0) is 11.3 Å². The Hall–Kier alpha value is -2.38. The fourth-order valence-electron chi connectivity index (χ4n) is 4.04. The zero-order valence-corrected chi connectivity index (χ0v) is 16.2. The summed E-state index contributed by atoms with van der Waals surface area (Å²) in [6, 6.07) is 9.96. The van der Waals surface area contributed by atoms with Crippen LogP contribution in [0.1, 0.15) is 34.8 Å². The number of piperidine rings is 1. The van der Waals surface area contributed by atoms with Gasteiger partial charge in [0.1, 0.15) is 0 Å². The number of amides is 1. The molecule has 2 fully saturated rings. The zero-order valence-electron chi connectivity index (χ0n) is 16.2. The number of likely N-dealkylation sites (tertiary alicyclic amines) is 1. The molecule has 3 heterocycles. The zero-order chi connectivity index (χ0) is 19.3. The Balaban J connectivity index is 1.40. The van der Waals surface area contributed by atoms with Gasteiger partial charge in [0.2, 0.25) is 0 Å². The van der Waals surface area contributed by atoms with Crippen molar-refractivity contribution in [3.05, 3.63) is 47.8 Å². The van der Waals surface area contributed by atoms with E-state index in [9.17, 15) is 4.79 Å². The summed E-state index contributed by atoms with van der Waals surface area (Å²) in [5.41, 5.74) is 2.89. The summed E-state index contributed by atoms with van der Waals surface area (Å²) >= 11 is 0. The topological polar surface area (TPSA) is 70.8 Å². The van der Waals surface area contributed by atoms with Gasteiger partial charge in [-0.05, 0) is 43.2 Å². The lowest BCUT2D eigenvalue weighted by Crippen LogP contribution is -2.39. The van der Waals surface area contributed by atoms with E-state index < -0.39 is 0 Å². The number of hydrogen-bond acceptors (Lipinski definition) is 5. The average molecular weight is 384 g/mol. The molecule has 7 heteroatoms. The Morgan fingerprint density at radius 3 is 2.68 bits per heavy atom. The molecule has 1 aromatic carbocycles. The Morgan fingerprint density at radius 1 is 1.14 bits per heavy atom. The Kier molecular flexibility index (Phi) is 5.92. The highest BCUT2D eigenvalue weighted by Gasteiger charge is 2.27. The van der Waals surface area contributed by atoms with E-state index >= 15 is 0 Å². The molecule has 2 saturated heterocycles. The third kappa shape index (κ3) is 4.20. The van der Waals surface area contributed by atoms with Crippen LogP contribution in [0.5, 0.6) is 0 Å². The van der Waals surface area contributed by atoms with E-state index in [4.69, 9.17) is 9.84 Å². The first-order chi connectivity index (χ1) is 13.7. The number of hydrogen-bond donors (Lipinski definition) is 1. The highest BCUT2D eigenvalue weighted by molar-refractivity contribution is 5.94. The number of aromatic nitrogens is 2. The standard InChI is InChI=1S/C21H28N4O3/c26-13-10-25-9-7-20(22-25)18-2-1-8-24(16-18)21(27)17-3-5-19(6-4-17)23-11-14-28-15-12-23/h3-7,9,18,26H,1-2,8,10-16H2/t18-/m1/s1. The van der Waals surface area contributed by atoms with Gasteiger partial charge < -0.3 is 19.6 Å². The first kappa shape index (κ1) is 19.0. The van der Waals surface area contributed by atoms with Gasteiger partial charge in [0.15, 0.2) is 0 Å². The van der Waals surface area contributed by atoms with Crippen LogP contribution in [0.2, 0.25) is 0 Å². The highest BCUT2D eigenvalue weighted by Crippen LogP contribution is 2.27. The van der Waals surface area contributed by atoms with E-state index in [0.29, 0.717) is 13.1 Å². The lowest BCUT2D eigenvalue weighted by molar-refractivity contribution is 0.0705. The number of aliphatic hydroxyl groups is 1. The van der Waals surface area contributed by atoms with Crippen molar-refractivity contribution in [2.75, 3.05) is 50.9 Å². The SMILES string of the molecule is O=C(c1ccc(N2CCOCC2)cc1)N1CCC[C@@H](c2ccn(CCO)n2)C1. The van der Waals surface area contributed by atoms with Crippen LogP contribution in [0.15, 0.2) is 36.5 Å². The number of anilines is 1. The van der Waals surface area contributed by atoms with Crippen molar-refractivity contribution in [3.8, 4) is 0 Å². The second kappa shape index (κ2) is 8.75. The summed E-state index contributed by atoms with van der Waals surface area (Å²) in [4.78, 5) is 17.2. The minimum Gasteiger partial charge on any atom is -0.394 e. The first-order valence-corrected chi connectivity index (χ1v) is 10.1. The molecule has 1 atom stereocenters. The van der Waals surface area contributed by atoms with Gasteiger partial charge in [0.25, 0.3) is 5.91 Å². The van der Waals surface area contributed by atoms with Crippen molar-refractivity contribution >= 4 is 11.6 Å². The molecule has 0 saturated carbocycles. The minimum absolute atomic E-state index is 0.0802. The van der Waals surface area contributed by atoms with Crippen LogP contribution >= 0.6 is 0 Å². The molecule has 0 radical (unpaired) electrons. The van der Waals surface area contributed by atoms with Crippen LogP contribution in [-0.4, -0.2) is 71.7 Å². The quantitative estimate of drug-likeness (QED) is 0.850. The summed E-state index contributed by atoms with van der Waals surface area (Å²) in [5, 5.41) is 13.6. The minimum atomic E-state index is 0.0802. The van der Waals surface area contributed by atoms with Gasteiger partial charge in [-0.2, -0.15) is 5.10 Å². The highest BCUT2D eigenvalue weighted by atomic mass is 16.5. The van der Waals surface area contributed by atoms with Crippen LogP contribution < -0.4 is 4.90 Å². The van der Waals surface area contributed by atoms with Crippen molar-refractivity contribution < 1.29 is 14.6 Å². The molecular weight excluding hydrogens is 356 g/mol. The van der Waals surface area contributed by atoms with Crippen LogP contribution in [0, 0.1) is 0 Å². The van der Waals surface area contributed by atoms with E-state index in [-0.39, 0.29) is 18.4 Å². The lowest BCUT2D eigenvalue weighted by Gasteiger charge is -2.32. The predicted octanol–water partition coefficient (Wildman–Crippen LogP) is 1.73. The van der Waals surface area contributed by atoms with Crippen molar-refractivity contribution in [3.63, 3.8) is 0 Å². The molecule has 7 nitrogen and oxygen atoms in total. The number of carbonyl (C=O) groups is 1. The number of nitrogens with zero attached hydrogens (tertiary/aromatic N) is 4. The molecule has 4 rings (SSSR count). The maximum absolute atomic E-state index is 13.0. The van der Waals surface area contributed by atoms with E-state index in [1.807, 2.05) is 41.4 Å². The maximum atomic E-state index is 13.0. The second-order valence-corrected chi connectivity index (χ2v) is 7.46. The van der Waals surface area contributed by atoms with Gasteiger partial charge in [-0.15, -0.1) is 0 Å². The van der Waals surface area contributed by atoms with Gasteiger partial charge in [-0.25, -0.2) is 0 Å². The molecule has 0 unspecified atom stereocenters. The predicted molar refractivity (Wildman–Crippen MR) is 107 cm³/mol. The van der Waals surface area contributed by atoms with Crippen molar-refractivity contribution in [2.45, 2.75) is 25.3 Å². The van der Waals surface area contributed by atoms with Crippen molar-refractivity contribution in [2.24, 2.45) is 0 Å². The Morgan fingerprint density at radius 2 is 1.93 bits per heavy atom. The first-order valence-electron chi connectivity index (χ1n) is 10.1. The summed E-state index contributed by atoms with van der Waals surface area (Å²) in [6.45, 7) is 5.36. The summed E-state index contributed by atoms with van der Waals surface area (Å²) in [6.07, 6.45) is 3.92. The normalized spacial score (nSPS) is 20.4. The fraction of sp³-hybridized carbons (Fsp3) is 0.524. The molecule has 2 aromatic rings. The van der Waals surface area contributed by atoms with Gasteiger partial charge in [0, 0.05) is 49.5 Å². The average Bonchev–Trinajstić information content (AvgIpc) is 3.23. The molecule has 0 bridgehead atoms. The number of morpholine rings is 1. The fourth-order valence-corrected chi connectivity index (χ4v) is 4.04. The van der Waals surface area contributed by atoms with E-state index in [2.05, 4.69) is 10.00 Å². The van der Waals surface area contributed by atoms with Gasteiger partial charge in [0.05, 0.1) is 32.1 Å².